The lowest BCUT2D eigenvalue weighted by molar-refractivity contribution is 0.0698. The summed E-state index contributed by atoms with van der Waals surface area (Å²) in [5.41, 5.74) is 1.47. The molecule has 20 heavy (non-hydrogen) atoms. The normalized spacial score (nSPS) is 28.9. The minimum absolute atomic E-state index is 0.423. The van der Waals surface area contributed by atoms with Crippen molar-refractivity contribution in [1.82, 2.24) is 9.88 Å². The fourth-order valence-electron chi connectivity index (χ4n) is 3.93. The van der Waals surface area contributed by atoms with Crippen LogP contribution in [0.5, 0.6) is 0 Å². The number of aromatic carboxylic acids is 1. The monoisotopic (exact) mass is 270 g/mol. The molecule has 2 aliphatic heterocycles. The molecule has 1 aromatic carbocycles. The molecule has 2 bridgehead atoms. The maximum absolute atomic E-state index is 11.4. The highest BCUT2D eigenvalue weighted by Crippen LogP contribution is 2.36. The van der Waals surface area contributed by atoms with E-state index in [0.29, 0.717) is 23.7 Å². The Bertz CT molecular complexity index is 664. The van der Waals surface area contributed by atoms with Crippen LogP contribution in [0.3, 0.4) is 0 Å². The van der Waals surface area contributed by atoms with Gasteiger partial charge in [0.05, 0.1) is 5.56 Å². The molecule has 2 unspecified atom stereocenters. The van der Waals surface area contributed by atoms with Crippen LogP contribution in [-0.4, -0.2) is 27.7 Å². The van der Waals surface area contributed by atoms with Crippen LogP contribution in [0, 0.1) is 0 Å². The summed E-state index contributed by atoms with van der Waals surface area (Å²) in [6, 6.07) is 9.47. The Balaban J connectivity index is 1.81. The second-order valence-electron chi connectivity index (χ2n) is 6.04. The number of nitrogens with one attached hydrogen (secondary N) is 1. The van der Waals surface area contributed by atoms with Crippen LogP contribution in [0.1, 0.15) is 42.1 Å². The van der Waals surface area contributed by atoms with Crippen molar-refractivity contribution in [2.45, 2.75) is 43.8 Å². The molecule has 0 saturated carbocycles. The summed E-state index contributed by atoms with van der Waals surface area (Å²) in [5, 5.41) is 13.9. The molecule has 2 aromatic rings. The second-order valence-corrected chi connectivity index (χ2v) is 6.04. The summed E-state index contributed by atoms with van der Waals surface area (Å²) in [5.74, 6) is -0.836. The van der Waals surface area contributed by atoms with E-state index in [0.717, 1.165) is 23.7 Å². The molecule has 104 valence electrons. The highest BCUT2D eigenvalue weighted by molar-refractivity contribution is 6.03. The first-order chi connectivity index (χ1) is 9.72. The average molecular weight is 270 g/mol. The third-order valence-corrected chi connectivity index (χ3v) is 4.81. The van der Waals surface area contributed by atoms with E-state index in [2.05, 4.69) is 9.88 Å². The van der Waals surface area contributed by atoms with Gasteiger partial charge in [0.15, 0.2) is 0 Å². The summed E-state index contributed by atoms with van der Waals surface area (Å²) in [4.78, 5) is 11.4. The first-order valence-electron chi connectivity index (χ1n) is 7.31. The largest absolute Gasteiger partial charge is 0.478 e. The van der Waals surface area contributed by atoms with Crippen LogP contribution in [-0.2, 0) is 0 Å². The van der Waals surface area contributed by atoms with Gasteiger partial charge in [-0.15, -0.1) is 0 Å². The molecule has 4 heteroatoms. The summed E-state index contributed by atoms with van der Waals surface area (Å²) in [7, 11) is 0. The van der Waals surface area contributed by atoms with Gasteiger partial charge in [0.25, 0.3) is 0 Å². The zero-order chi connectivity index (χ0) is 13.7. The smallest absolute Gasteiger partial charge is 0.337 e. The topological polar surface area (TPSA) is 54.3 Å². The van der Waals surface area contributed by atoms with Crippen LogP contribution >= 0.6 is 0 Å². The SMILES string of the molecule is O=C(O)c1cn(C2CC3CCC(C2)N3)c2ccccc12. The number of carboxylic acids is 1. The van der Waals surface area contributed by atoms with Gasteiger partial charge in [-0.25, -0.2) is 4.79 Å². The summed E-state index contributed by atoms with van der Waals surface area (Å²) >= 11 is 0. The predicted molar refractivity (Wildman–Crippen MR) is 77.1 cm³/mol. The minimum atomic E-state index is -0.836. The van der Waals surface area contributed by atoms with Crippen LogP contribution in [0.25, 0.3) is 10.9 Å². The lowest BCUT2D eigenvalue weighted by atomic mass is 9.99. The number of aromatic nitrogens is 1. The van der Waals surface area contributed by atoms with Gasteiger partial charge in [-0.05, 0) is 31.7 Å². The molecule has 2 N–H and O–H groups in total. The average Bonchev–Trinajstić information content (AvgIpc) is 2.99. The molecule has 2 aliphatic rings. The Labute approximate surface area is 117 Å². The third kappa shape index (κ3) is 1.75. The molecule has 2 saturated heterocycles. The number of piperidine rings is 1. The fraction of sp³-hybridized carbons (Fsp3) is 0.438. The van der Waals surface area contributed by atoms with Gasteiger partial charge in [0.2, 0.25) is 0 Å². The predicted octanol–water partition coefficient (Wildman–Crippen LogP) is 2.80. The van der Waals surface area contributed by atoms with Gasteiger partial charge >= 0.3 is 5.97 Å². The van der Waals surface area contributed by atoms with Crippen molar-refractivity contribution in [2.24, 2.45) is 0 Å². The standard InChI is InChI=1S/C16H18N2O2/c19-16(20)14-9-18(15-4-2-1-3-13(14)15)12-7-10-5-6-11(8-12)17-10/h1-4,9-12,17H,5-8H2,(H,19,20). The van der Waals surface area contributed by atoms with E-state index < -0.39 is 5.97 Å². The molecule has 2 atom stereocenters. The van der Waals surface area contributed by atoms with E-state index in [1.807, 2.05) is 30.5 Å². The van der Waals surface area contributed by atoms with E-state index in [9.17, 15) is 9.90 Å². The minimum Gasteiger partial charge on any atom is -0.478 e. The number of carboxylic acid groups (broad SMARTS) is 1. The summed E-state index contributed by atoms with van der Waals surface area (Å²) in [6.07, 6.45) is 6.56. The summed E-state index contributed by atoms with van der Waals surface area (Å²) < 4.78 is 2.20. The van der Waals surface area contributed by atoms with Gasteiger partial charge < -0.3 is 15.0 Å². The van der Waals surface area contributed by atoms with Crippen molar-refractivity contribution in [1.29, 1.82) is 0 Å². The first-order valence-corrected chi connectivity index (χ1v) is 7.31. The quantitative estimate of drug-likeness (QED) is 0.882. The number of para-hydroxylation sites is 1. The van der Waals surface area contributed by atoms with E-state index in [4.69, 9.17) is 0 Å². The number of carbonyl (C=O) groups is 1. The van der Waals surface area contributed by atoms with Crippen molar-refractivity contribution in [3.05, 3.63) is 36.0 Å². The van der Waals surface area contributed by atoms with Crippen molar-refractivity contribution < 1.29 is 9.90 Å². The highest BCUT2D eigenvalue weighted by Gasteiger charge is 2.34. The number of benzene rings is 1. The van der Waals surface area contributed by atoms with Gasteiger partial charge in [0.1, 0.15) is 0 Å². The maximum Gasteiger partial charge on any atom is 0.337 e. The first kappa shape index (κ1) is 12.0. The van der Waals surface area contributed by atoms with Crippen LogP contribution in [0.4, 0.5) is 0 Å². The number of fused-ring (bicyclic) bond motifs is 3. The molecule has 1 aromatic heterocycles. The van der Waals surface area contributed by atoms with Crippen LogP contribution in [0.2, 0.25) is 0 Å². The van der Waals surface area contributed by atoms with E-state index in [1.54, 1.807) is 0 Å². The lowest BCUT2D eigenvalue weighted by Gasteiger charge is -2.30. The van der Waals surface area contributed by atoms with E-state index >= 15 is 0 Å². The Morgan fingerprint density at radius 1 is 1.20 bits per heavy atom. The van der Waals surface area contributed by atoms with E-state index in [1.165, 1.54) is 12.8 Å². The molecule has 4 nitrogen and oxygen atoms in total. The lowest BCUT2D eigenvalue weighted by Crippen LogP contribution is -2.38. The second kappa shape index (κ2) is 4.35. The number of hydrogen-bond donors (Lipinski definition) is 2. The third-order valence-electron chi connectivity index (χ3n) is 4.81. The van der Waals surface area contributed by atoms with Gasteiger partial charge in [-0.2, -0.15) is 0 Å². The number of hydrogen-bond acceptors (Lipinski definition) is 2. The molecule has 0 spiro atoms. The van der Waals surface area contributed by atoms with E-state index in [-0.39, 0.29) is 0 Å². The molecule has 2 fully saturated rings. The Morgan fingerprint density at radius 2 is 1.90 bits per heavy atom. The fourth-order valence-corrected chi connectivity index (χ4v) is 3.93. The zero-order valence-electron chi connectivity index (χ0n) is 11.2. The van der Waals surface area contributed by atoms with Gasteiger partial charge in [-0.3, -0.25) is 0 Å². The molecule has 4 rings (SSSR count). The molecule has 0 aliphatic carbocycles. The summed E-state index contributed by atoms with van der Waals surface area (Å²) in [6.45, 7) is 0. The number of rotatable bonds is 2. The van der Waals surface area contributed by atoms with Gasteiger partial charge in [-0.1, -0.05) is 18.2 Å². The molecule has 0 amide bonds. The number of nitrogens with zero attached hydrogens (tertiary/aromatic N) is 1. The van der Waals surface area contributed by atoms with Crippen molar-refractivity contribution in [3.8, 4) is 0 Å². The maximum atomic E-state index is 11.4. The Morgan fingerprint density at radius 3 is 2.60 bits per heavy atom. The highest BCUT2D eigenvalue weighted by atomic mass is 16.4. The van der Waals surface area contributed by atoms with Crippen LogP contribution < -0.4 is 5.32 Å². The zero-order valence-corrected chi connectivity index (χ0v) is 11.2. The van der Waals surface area contributed by atoms with Crippen molar-refractivity contribution in [3.63, 3.8) is 0 Å². The van der Waals surface area contributed by atoms with Crippen molar-refractivity contribution in [2.75, 3.05) is 0 Å². The van der Waals surface area contributed by atoms with Crippen LogP contribution in [0.15, 0.2) is 30.5 Å². The Kier molecular flexibility index (Phi) is 2.60. The van der Waals surface area contributed by atoms with Gasteiger partial charge in [0, 0.05) is 35.2 Å². The molecule has 0 radical (unpaired) electrons. The van der Waals surface area contributed by atoms with Crippen molar-refractivity contribution >= 4 is 16.9 Å². The molecule has 3 heterocycles. The Hall–Kier alpha value is -1.81. The molecular formula is C16H18N2O2. The molecular weight excluding hydrogens is 252 g/mol.